The number of hydrogen-bond donors (Lipinski definition) is 0. The Hall–Kier alpha value is -2.46. The van der Waals surface area contributed by atoms with E-state index in [4.69, 9.17) is 16.6 Å². The van der Waals surface area contributed by atoms with Crippen LogP contribution in [0, 0.1) is 0 Å². The molecule has 0 aliphatic rings. The van der Waals surface area contributed by atoms with Gasteiger partial charge in [-0.1, -0.05) is 66.2 Å². The molecular formula is C23H12ClNS2. The van der Waals surface area contributed by atoms with Gasteiger partial charge < -0.3 is 0 Å². The number of nitrogens with zero attached hydrogens (tertiary/aromatic N) is 1. The van der Waals surface area contributed by atoms with Crippen molar-refractivity contribution in [2.24, 2.45) is 0 Å². The number of thiazole rings is 1. The molecule has 0 aliphatic heterocycles. The second-order valence-corrected chi connectivity index (χ2v) is 9.02. The van der Waals surface area contributed by atoms with Crippen LogP contribution < -0.4 is 0 Å². The summed E-state index contributed by atoms with van der Waals surface area (Å²) in [5, 5.41) is 6.76. The lowest BCUT2D eigenvalue weighted by molar-refractivity contribution is 1.49. The molecule has 0 saturated carbocycles. The van der Waals surface area contributed by atoms with Crippen molar-refractivity contribution >= 4 is 75.4 Å². The number of rotatable bonds is 1. The summed E-state index contributed by atoms with van der Waals surface area (Å²) in [6.45, 7) is 0. The highest BCUT2D eigenvalue weighted by Gasteiger charge is 2.16. The first kappa shape index (κ1) is 15.6. The molecule has 0 spiro atoms. The molecule has 0 saturated heterocycles. The molecule has 27 heavy (non-hydrogen) atoms. The fourth-order valence-corrected chi connectivity index (χ4v) is 6.25. The van der Waals surface area contributed by atoms with E-state index >= 15 is 0 Å². The van der Waals surface area contributed by atoms with Crippen molar-refractivity contribution in [2.45, 2.75) is 0 Å². The highest BCUT2D eigenvalue weighted by atomic mass is 35.5. The van der Waals surface area contributed by atoms with Gasteiger partial charge in [0.15, 0.2) is 0 Å². The lowest BCUT2D eigenvalue weighted by Crippen LogP contribution is -1.77. The highest BCUT2D eigenvalue weighted by Crippen LogP contribution is 2.44. The van der Waals surface area contributed by atoms with Gasteiger partial charge in [-0.15, -0.1) is 22.7 Å². The van der Waals surface area contributed by atoms with Crippen LogP contribution >= 0.6 is 34.3 Å². The molecular weight excluding hydrogens is 390 g/mol. The van der Waals surface area contributed by atoms with Crippen molar-refractivity contribution in [3.8, 4) is 10.6 Å². The van der Waals surface area contributed by atoms with Crippen LogP contribution in [0.4, 0.5) is 0 Å². The molecule has 0 N–H and O–H groups in total. The van der Waals surface area contributed by atoms with Gasteiger partial charge in [-0.05, 0) is 29.0 Å². The third-order valence-corrected chi connectivity index (χ3v) is 7.91. The monoisotopic (exact) mass is 401 g/mol. The Kier molecular flexibility index (Phi) is 3.33. The minimum atomic E-state index is 0.827. The maximum atomic E-state index is 6.82. The maximum absolute atomic E-state index is 6.82. The summed E-state index contributed by atoms with van der Waals surface area (Å²) >= 11 is 10.3. The Morgan fingerprint density at radius 3 is 2.44 bits per heavy atom. The normalized spacial score (nSPS) is 11.9. The van der Waals surface area contributed by atoms with Crippen molar-refractivity contribution in [1.82, 2.24) is 4.98 Å². The second-order valence-electron chi connectivity index (χ2n) is 6.59. The molecule has 4 heteroatoms. The summed E-state index contributed by atoms with van der Waals surface area (Å²) in [6, 6.07) is 25.6. The lowest BCUT2D eigenvalue weighted by Gasteiger charge is -2.00. The fourth-order valence-electron chi connectivity index (χ4n) is 3.64. The molecule has 1 nitrogen and oxygen atoms in total. The zero-order valence-corrected chi connectivity index (χ0v) is 16.5. The van der Waals surface area contributed by atoms with E-state index in [-0.39, 0.29) is 0 Å². The molecule has 2 heterocycles. The number of hydrogen-bond acceptors (Lipinski definition) is 3. The Balaban J connectivity index is 1.62. The predicted molar refractivity (Wildman–Crippen MR) is 120 cm³/mol. The standard InChI is InChI=1S/C23H12ClNS2/c24-20-21-17(16-7-3-4-8-19(16)26-21)12-18-22(20)27-23(25-18)15-10-9-13-5-1-2-6-14(13)11-15/h1-12H. The van der Waals surface area contributed by atoms with Crippen molar-refractivity contribution in [1.29, 1.82) is 0 Å². The minimum Gasteiger partial charge on any atom is -0.236 e. The van der Waals surface area contributed by atoms with Gasteiger partial charge in [0.2, 0.25) is 0 Å². The number of fused-ring (bicyclic) bond motifs is 5. The molecule has 2 aromatic heterocycles. The predicted octanol–water partition coefficient (Wildman–Crippen LogP) is 8.14. The van der Waals surface area contributed by atoms with Crippen LogP contribution in [0.15, 0.2) is 72.8 Å². The Morgan fingerprint density at radius 2 is 1.52 bits per heavy atom. The Labute approximate surface area is 168 Å². The van der Waals surface area contributed by atoms with Crippen LogP contribution in [0.1, 0.15) is 0 Å². The molecule has 128 valence electrons. The molecule has 0 radical (unpaired) electrons. The molecule has 0 atom stereocenters. The zero-order valence-electron chi connectivity index (χ0n) is 14.1. The number of aromatic nitrogens is 1. The van der Waals surface area contributed by atoms with Gasteiger partial charge in [-0.25, -0.2) is 4.98 Å². The number of halogens is 1. The SMILES string of the molecule is Clc1c2sc(-c3ccc4ccccc4c3)nc2cc2c1sc1ccccc12. The Bertz CT molecular complexity index is 1490. The van der Waals surface area contributed by atoms with Crippen molar-refractivity contribution in [2.75, 3.05) is 0 Å². The van der Waals surface area contributed by atoms with Gasteiger partial charge in [-0.3, -0.25) is 0 Å². The molecule has 0 aliphatic carbocycles. The molecule has 6 rings (SSSR count). The molecule has 0 unspecified atom stereocenters. The van der Waals surface area contributed by atoms with Gasteiger partial charge in [0, 0.05) is 21.0 Å². The third-order valence-electron chi connectivity index (χ3n) is 4.96. The maximum Gasteiger partial charge on any atom is 0.124 e. The van der Waals surface area contributed by atoms with E-state index in [1.807, 2.05) is 0 Å². The van der Waals surface area contributed by atoms with E-state index in [1.54, 1.807) is 22.7 Å². The van der Waals surface area contributed by atoms with Crippen molar-refractivity contribution in [3.63, 3.8) is 0 Å². The van der Waals surface area contributed by atoms with Gasteiger partial charge in [0.25, 0.3) is 0 Å². The van der Waals surface area contributed by atoms with Crippen molar-refractivity contribution in [3.05, 3.63) is 77.8 Å². The molecule has 0 amide bonds. The van der Waals surface area contributed by atoms with E-state index in [1.165, 1.54) is 26.2 Å². The van der Waals surface area contributed by atoms with E-state index in [0.29, 0.717) is 0 Å². The van der Waals surface area contributed by atoms with E-state index in [0.717, 1.165) is 30.5 Å². The molecule has 6 aromatic rings. The summed E-state index contributed by atoms with van der Waals surface area (Å²) < 4.78 is 3.49. The minimum absolute atomic E-state index is 0.827. The van der Waals surface area contributed by atoms with Crippen molar-refractivity contribution < 1.29 is 0 Å². The van der Waals surface area contributed by atoms with Gasteiger partial charge in [0.05, 0.1) is 19.9 Å². The van der Waals surface area contributed by atoms with Crippen LogP contribution in [-0.2, 0) is 0 Å². The summed E-state index contributed by atoms with van der Waals surface area (Å²) in [6.07, 6.45) is 0. The van der Waals surface area contributed by atoms with E-state index in [9.17, 15) is 0 Å². The fraction of sp³-hybridized carbons (Fsp3) is 0. The Morgan fingerprint density at radius 1 is 0.704 bits per heavy atom. The summed E-state index contributed by atoms with van der Waals surface area (Å²) in [7, 11) is 0. The number of benzene rings is 4. The summed E-state index contributed by atoms with van der Waals surface area (Å²) in [4.78, 5) is 4.93. The van der Waals surface area contributed by atoms with Crippen LogP contribution in [0.5, 0.6) is 0 Å². The molecule has 0 fully saturated rings. The van der Waals surface area contributed by atoms with E-state index < -0.39 is 0 Å². The van der Waals surface area contributed by atoms with Gasteiger partial charge in [0.1, 0.15) is 5.01 Å². The van der Waals surface area contributed by atoms with Crippen LogP contribution in [0.25, 0.3) is 51.7 Å². The third kappa shape index (κ3) is 2.32. The van der Waals surface area contributed by atoms with Crippen LogP contribution in [0.3, 0.4) is 0 Å². The van der Waals surface area contributed by atoms with Gasteiger partial charge in [-0.2, -0.15) is 0 Å². The molecule has 4 aromatic carbocycles. The second kappa shape index (κ2) is 5.77. The molecule has 0 bridgehead atoms. The summed E-state index contributed by atoms with van der Waals surface area (Å²) in [5.41, 5.74) is 2.11. The highest BCUT2D eigenvalue weighted by molar-refractivity contribution is 7.27. The average Bonchev–Trinajstić information content (AvgIpc) is 3.30. The zero-order chi connectivity index (χ0) is 18.0. The topological polar surface area (TPSA) is 12.9 Å². The van der Waals surface area contributed by atoms with E-state index in [2.05, 4.69) is 72.8 Å². The largest absolute Gasteiger partial charge is 0.236 e. The van der Waals surface area contributed by atoms with Crippen LogP contribution in [0.2, 0.25) is 5.02 Å². The van der Waals surface area contributed by atoms with Gasteiger partial charge >= 0.3 is 0 Å². The van der Waals surface area contributed by atoms with Crippen LogP contribution in [-0.4, -0.2) is 4.98 Å². The first-order valence-corrected chi connectivity index (χ1v) is 10.7. The first-order valence-electron chi connectivity index (χ1n) is 8.67. The summed E-state index contributed by atoms with van der Waals surface area (Å²) in [5.74, 6) is 0. The quantitative estimate of drug-likeness (QED) is 0.271. The lowest BCUT2D eigenvalue weighted by atomic mass is 10.1. The number of thiophene rings is 1. The first-order chi connectivity index (χ1) is 13.3. The smallest absolute Gasteiger partial charge is 0.124 e. The average molecular weight is 402 g/mol.